The van der Waals surface area contributed by atoms with Crippen molar-refractivity contribution in [2.24, 2.45) is 18.9 Å². The number of carbonyl (C=O) groups is 2. The molecule has 3 aromatic heterocycles. The van der Waals surface area contributed by atoms with E-state index in [1.54, 1.807) is 23.1 Å². The molecule has 0 aliphatic heterocycles. The number of carbonyl (C=O) groups excluding carboxylic acids is 2. The average Bonchev–Trinajstić information content (AvgIpc) is 3.19. The third kappa shape index (κ3) is 4.11. The van der Waals surface area contributed by atoms with Crippen LogP contribution < -0.4 is 5.32 Å². The molecule has 1 amide bonds. The van der Waals surface area contributed by atoms with Crippen LogP contribution in [-0.4, -0.2) is 38.7 Å². The van der Waals surface area contributed by atoms with E-state index in [0.29, 0.717) is 31.5 Å². The lowest BCUT2D eigenvalue weighted by molar-refractivity contribution is -0.147. The maximum absolute atomic E-state index is 12.6. The van der Waals surface area contributed by atoms with Crippen LogP contribution in [0.4, 0.5) is 5.82 Å². The number of aromatic nitrogens is 4. The van der Waals surface area contributed by atoms with Crippen LogP contribution in [-0.2, 0) is 21.4 Å². The van der Waals surface area contributed by atoms with E-state index < -0.39 is 0 Å². The number of esters is 1. The average molecular weight is 393 g/mol. The van der Waals surface area contributed by atoms with E-state index in [2.05, 4.69) is 20.4 Å². The van der Waals surface area contributed by atoms with Gasteiger partial charge in [-0.1, -0.05) is 0 Å². The van der Waals surface area contributed by atoms with Crippen LogP contribution in [0.25, 0.3) is 22.2 Å². The van der Waals surface area contributed by atoms with Crippen LogP contribution in [0.3, 0.4) is 0 Å². The third-order valence-electron chi connectivity index (χ3n) is 5.46. The third-order valence-corrected chi connectivity index (χ3v) is 5.46. The molecule has 8 heteroatoms. The quantitative estimate of drug-likeness (QED) is 0.684. The smallest absolute Gasteiger partial charge is 0.308 e. The number of ether oxygens (including phenoxy) is 1. The molecule has 1 fully saturated rings. The molecule has 0 bridgehead atoms. The van der Waals surface area contributed by atoms with Crippen molar-refractivity contribution >= 4 is 28.6 Å². The molecule has 1 saturated carbocycles. The number of hydrogen-bond acceptors (Lipinski definition) is 6. The first kappa shape index (κ1) is 19.0. The number of rotatable bonds is 4. The number of aryl methyl sites for hydroxylation is 1. The van der Waals surface area contributed by atoms with Gasteiger partial charge in [0.1, 0.15) is 5.82 Å². The molecule has 1 aliphatic rings. The maximum Gasteiger partial charge on any atom is 0.308 e. The number of hydrogen-bond donors (Lipinski definition) is 1. The van der Waals surface area contributed by atoms with Crippen molar-refractivity contribution < 1.29 is 14.3 Å². The normalized spacial score (nSPS) is 19.1. The molecule has 0 spiro atoms. The van der Waals surface area contributed by atoms with Crippen molar-refractivity contribution in [2.45, 2.75) is 25.7 Å². The van der Waals surface area contributed by atoms with Crippen molar-refractivity contribution in [3.8, 4) is 11.3 Å². The van der Waals surface area contributed by atoms with E-state index in [-0.39, 0.29) is 23.7 Å². The number of fused-ring (bicyclic) bond motifs is 1. The van der Waals surface area contributed by atoms with E-state index in [9.17, 15) is 9.59 Å². The summed E-state index contributed by atoms with van der Waals surface area (Å²) >= 11 is 0. The summed E-state index contributed by atoms with van der Waals surface area (Å²) in [4.78, 5) is 33.3. The fourth-order valence-electron chi connectivity index (χ4n) is 3.79. The minimum Gasteiger partial charge on any atom is -0.469 e. The molecule has 4 rings (SSSR count). The van der Waals surface area contributed by atoms with Crippen LogP contribution >= 0.6 is 0 Å². The van der Waals surface area contributed by atoms with Gasteiger partial charge in [-0.2, -0.15) is 5.10 Å². The predicted molar refractivity (Wildman–Crippen MR) is 108 cm³/mol. The number of methoxy groups -OCH3 is 1. The van der Waals surface area contributed by atoms with Gasteiger partial charge in [0, 0.05) is 42.4 Å². The fraction of sp³-hybridized carbons (Fsp3) is 0.381. The Morgan fingerprint density at radius 1 is 1.14 bits per heavy atom. The molecule has 0 aromatic carbocycles. The Labute approximate surface area is 168 Å². The molecule has 0 radical (unpaired) electrons. The summed E-state index contributed by atoms with van der Waals surface area (Å²) in [6.45, 7) is 0. The molecule has 1 aliphatic carbocycles. The van der Waals surface area contributed by atoms with Crippen LogP contribution in [0.1, 0.15) is 25.7 Å². The Kier molecular flexibility index (Phi) is 5.24. The molecule has 0 unspecified atom stereocenters. The van der Waals surface area contributed by atoms with E-state index >= 15 is 0 Å². The second-order valence-electron chi connectivity index (χ2n) is 7.42. The van der Waals surface area contributed by atoms with Crippen molar-refractivity contribution in [1.82, 2.24) is 19.7 Å². The van der Waals surface area contributed by atoms with Gasteiger partial charge in [0.15, 0.2) is 0 Å². The van der Waals surface area contributed by atoms with Gasteiger partial charge in [0.2, 0.25) is 5.91 Å². The molecule has 3 aromatic rings. The van der Waals surface area contributed by atoms with Gasteiger partial charge in [0.25, 0.3) is 0 Å². The lowest BCUT2D eigenvalue weighted by atomic mass is 9.81. The number of amides is 1. The zero-order valence-electron chi connectivity index (χ0n) is 16.5. The summed E-state index contributed by atoms with van der Waals surface area (Å²) in [7, 11) is 3.26. The number of pyridine rings is 2. The highest BCUT2D eigenvalue weighted by molar-refractivity contribution is 5.94. The van der Waals surface area contributed by atoms with E-state index in [1.165, 1.54) is 7.11 Å². The second kappa shape index (κ2) is 7.98. The van der Waals surface area contributed by atoms with Crippen molar-refractivity contribution in [3.63, 3.8) is 0 Å². The predicted octanol–water partition coefficient (Wildman–Crippen LogP) is 2.95. The second-order valence-corrected chi connectivity index (χ2v) is 7.42. The first-order chi connectivity index (χ1) is 14.0. The summed E-state index contributed by atoms with van der Waals surface area (Å²) in [5.41, 5.74) is 2.50. The molecule has 0 saturated heterocycles. The van der Waals surface area contributed by atoms with Gasteiger partial charge in [0.05, 0.1) is 30.4 Å². The molecule has 29 heavy (non-hydrogen) atoms. The lowest BCUT2D eigenvalue weighted by Crippen LogP contribution is -2.30. The fourth-order valence-corrected chi connectivity index (χ4v) is 3.79. The van der Waals surface area contributed by atoms with Crippen LogP contribution in [0.2, 0.25) is 0 Å². The SMILES string of the molecule is COC(=O)C1CCC(C(=O)Nc2cc3nc(-c4cnn(C)c4)ccc3cn2)CC1. The minimum absolute atomic E-state index is 0.0661. The summed E-state index contributed by atoms with van der Waals surface area (Å²) in [6.07, 6.45) is 8.06. The van der Waals surface area contributed by atoms with E-state index in [4.69, 9.17) is 4.74 Å². The maximum atomic E-state index is 12.6. The number of nitrogens with zero attached hydrogens (tertiary/aromatic N) is 4. The van der Waals surface area contributed by atoms with E-state index in [1.807, 2.05) is 25.4 Å². The largest absolute Gasteiger partial charge is 0.469 e. The highest BCUT2D eigenvalue weighted by atomic mass is 16.5. The monoisotopic (exact) mass is 393 g/mol. The van der Waals surface area contributed by atoms with Crippen LogP contribution in [0, 0.1) is 11.8 Å². The van der Waals surface area contributed by atoms with Crippen molar-refractivity contribution in [3.05, 3.63) is 36.8 Å². The number of nitrogens with one attached hydrogen (secondary N) is 1. The highest BCUT2D eigenvalue weighted by Gasteiger charge is 2.30. The Bertz CT molecular complexity index is 1050. The first-order valence-electron chi connectivity index (χ1n) is 9.68. The van der Waals surface area contributed by atoms with Gasteiger partial charge in [-0.05, 0) is 37.8 Å². The number of anilines is 1. The summed E-state index contributed by atoms with van der Waals surface area (Å²) < 4.78 is 6.53. The molecule has 1 N–H and O–H groups in total. The molecule has 8 nitrogen and oxygen atoms in total. The minimum atomic E-state index is -0.185. The Balaban J connectivity index is 1.46. The van der Waals surface area contributed by atoms with Crippen molar-refractivity contribution in [1.29, 1.82) is 0 Å². The standard InChI is InChI=1S/C21H23N5O3/c1-26-12-16(11-23-26)17-8-7-15-10-22-19(9-18(15)24-17)25-20(27)13-3-5-14(6-4-13)21(28)29-2/h7-14H,3-6H2,1-2H3,(H,22,25,27). The summed E-state index contributed by atoms with van der Waals surface area (Å²) in [6, 6.07) is 5.67. The summed E-state index contributed by atoms with van der Waals surface area (Å²) in [5, 5.41) is 7.98. The first-order valence-corrected chi connectivity index (χ1v) is 9.68. The highest BCUT2D eigenvalue weighted by Crippen LogP contribution is 2.30. The lowest BCUT2D eigenvalue weighted by Gasteiger charge is -2.25. The zero-order valence-corrected chi connectivity index (χ0v) is 16.5. The van der Waals surface area contributed by atoms with E-state index in [0.717, 1.165) is 22.2 Å². The van der Waals surface area contributed by atoms with Gasteiger partial charge < -0.3 is 10.1 Å². The molecule has 0 atom stereocenters. The molecule has 3 heterocycles. The molecular weight excluding hydrogens is 370 g/mol. The van der Waals surface area contributed by atoms with Gasteiger partial charge >= 0.3 is 5.97 Å². The molecule has 150 valence electrons. The zero-order chi connectivity index (χ0) is 20.4. The van der Waals surface area contributed by atoms with Gasteiger partial charge in [-0.25, -0.2) is 9.97 Å². The summed E-state index contributed by atoms with van der Waals surface area (Å²) in [5.74, 6) is 0.00795. The molecular formula is C21H23N5O3. The van der Waals surface area contributed by atoms with Gasteiger partial charge in [-0.3, -0.25) is 14.3 Å². The van der Waals surface area contributed by atoms with Gasteiger partial charge in [-0.15, -0.1) is 0 Å². The Hall–Kier alpha value is -3.29. The van der Waals surface area contributed by atoms with Crippen LogP contribution in [0.15, 0.2) is 36.8 Å². The topological polar surface area (TPSA) is 99.0 Å². The van der Waals surface area contributed by atoms with Crippen molar-refractivity contribution in [2.75, 3.05) is 12.4 Å². The Morgan fingerprint density at radius 3 is 2.59 bits per heavy atom. The van der Waals surface area contributed by atoms with Crippen LogP contribution in [0.5, 0.6) is 0 Å². The Morgan fingerprint density at radius 2 is 1.90 bits per heavy atom.